The average molecular weight is 339 g/mol. The summed E-state index contributed by atoms with van der Waals surface area (Å²) in [4.78, 5) is 22.4. The second kappa shape index (κ2) is 7.10. The Bertz CT molecular complexity index is 820. The Morgan fingerprint density at radius 1 is 1.00 bits per heavy atom. The standard InChI is InChI=1S/C18H15ClN4O/c1-23(15-5-3-2-4-6-15)18(24)16-11-21-17(12-20-16)22-14-9-7-13(19)8-10-14/h2-12H,1H3,(H,21,22). The lowest BCUT2D eigenvalue weighted by molar-refractivity contribution is 0.0988. The van der Waals surface area contributed by atoms with Gasteiger partial charge in [0.15, 0.2) is 0 Å². The van der Waals surface area contributed by atoms with Crippen LogP contribution in [0.5, 0.6) is 0 Å². The van der Waals surface area contributed by atoms with Crippen molar-refractivity contribution >= 4 is 34.7 Å². The molecular formula is C18H15ClN4O. The van der Waals surface area contributed by atoms with Gasteiger partial charge in [-0.2, -0.15) is 0 Å². The van der Waals surface area contributed by atoms with E-state index in [1.54, 1.807) is 19.2 Å². The molecule has 5 nitrogen and oxygen atoms in total. The zero-order chi connectivity index (χ0) is 16.9. The van der Waals surface area contributed by atoms with Gasteiger partial charge in [0.05, 0.1) is 12.4 Å². The summed E-state index contributed by atoms with van der Waals surface area (Å²) in [5, 5.41) is 3.76. The third-order valence-electron chi connectivity index (χ3n) is 3.44. The summed E-state index contributed by atoms with van der Waals surface area (Å²) >= 11 is 5.85. The summed E-state index contributed by atoms with van der Waals surface area (Å²) in [6, 6.07) is 16.6. The van der Waals surface area contributed by atoms with Crippen LogP contribution in [0, 0.1) is 0 Å². The summed E-state index contributed by atoms with van der Waals surface area (Å²) in [7, 11) is 1.71. The number of rotatable bonds is 4. The van der Waals surface area contributed by atoms with Crippen LogP contribution >= 0.6 is 11.6 Å². The van der Waals surface area contributed by atoms with Crippen LogP contribution in [0.1, 0.15) is 10.5 Å². The normalized spacial score (nSPS) is 10.2. The molecule has 0 bridgehead atoms. The Labute approximate surface area is 144 Å². The van der Waals surface area contributed by atoms with Crippen molar-refractivity contribution in [2.75, 3.05) is 17.3 Å². The molecule has 1 N–H and O–H groups in total. The van der Waals surface area contributed by atoms with Gasteiger partial charge in [0.2, 0.25) is 0 Å². The molecule has 0 aliphatic rings. The smallest absolute Gasteiger partial charge is 0.278 e. The fourth-order valence-electron chi connectivity index (χ4n) is 2.12. The van der Waals surface area contributed by atoms with E-state index in [1.807, 2.05) is 42.5 Å². The number of benzene rings is 2. The Kier molecular flexibility index (Phi) is 4.72. The van der Waals surface area contributed by atoms with Gasteiger partial charge < -0.3 is 10.2 Å². The van der Waals surface area contributed by atoms with Crippen molar-refractivity contribution in [2.24, 2.45) is 0 Å². The molecule has 0 aliphatic heterocycles. The van der Waals surface area contributed by atoms with Crippen LogP contribution in [0.3, 0.4) is 0 Å². The summed E-state index contributed by atoms with van der Waals surface area (Å²) in [6.45, 7) is 0. The lowest BCUT2D eigenvalue weighted by Gasteiger charge is -2.16. The van der Waals surface area contributed by atoms with E-state index in [9.17, 15) is 4.79 Å². The predicted octanol–water partition coefficient (Wildman–Crippen LogP) is 4.15. The number of amides is 1. The maximum absolute atomic E-state index is 12.4. The van der Waals surface area contributed by atoms with Gasteiger partial charge in [0, 0.05) is 23.4 Å². The van der Waals surface area contributed by atoms with Crippen molar-refractivity contribution in [3.8, 4) is 0 Å². The zero-order valence-electron chi connectivity index (χ0n) is 13.0. The summed E-state index contributed by atoms with van der Waals surface area (Å²) in [5.41, 5.74) is 1.92. The minimum Gasteiger partial charge on any atom is -0.339 e. The molecule has 0 radical (unpaired) electrons. The van der Waals surface area contributed by atoms with Crippen molar-refractivity contribution in [3.63, 3.8) is 0 Å². The third kappa shape index (κ3) is 3.70. The van der Waals surface area contributed by atoms with E-state index in [2.05, 4.69) is 15.3 Å². The van der Waals surface area contributed by atoms with Crippen LogP contribution < -0.4 is 10.2 Å². The highest BCUT2D eigenvalue weighted by Gasteiger charge is 2.15. The number of nitrogens with zero attached hydrogens (tertiary/aromatic N) is 3. The van der Waals surface area contributed by atoms with Crippen LogP contribution in [-0.4, -0.2) is 22.9 Å². The van der Waals surface area contributed by atoms with Crippen molar-refractivity contribution in [2.45, 2.75) is 0 Å². The number of aromatic nitrogens is 2. The maximum Gasteiger partial charge on any atom is 0.278 e. The summed E-state index contributed by atoms with van der Waals surface area (Å²) in [6.07, 6.45) is 2.99. The fraction of sp³-hybridized carbons (Fsp3) is 0.0556. The highest BCUT2D eigenvalue weighted by atomic mass is 35.5. The second-order valence-corrected chi connectivity index (χ2v) is 5.55. The van der Waals surface area contributed by atoms with Gasteiger partial charge >= 0.3 is 0 Å². The van der Waals surface area contributed by atoms with Crippen molar-refractivity contribution in [1.82, 2.24) is 9.97 Å². The first kappa shape index (κ1) is 16.0. The quantitative estimate of drug-likeness (QED) is 0.776. The van der Waals surface area contributed by atoms with Crippen LogP contribution in [0.25, 0.3) is 0 Å². The summed E-state index contributed by atoms with van der Waals surface area (Å²) in [5.74, 6) is 0.336. The van der Waals surface area contributed by atoms with Gasteiger partial charge in [-0.1, -0.05) is 29.8 Å². The lowest BCUT2D eigenvalue weighted by atomic mass is 10.3. The average Bonchev–Trinajstić information content (AvgIpc) is 2.64. The molecule has 0 saturated carbocycles. The van der Waals surface area contributed by atoms with Gasteiger partial charge in [-0.05, 0) is 36.4 Å². The van der Waals surface area contributed by atoms with Crippen LogP contribution in [-0.2, 0) is 0 Å². The number of hydrogen-bond donors (Lipinski definition) is 1. The van der Waals surface area contributed by atoms with Crippen molar-refractivity contribution in [1.29, 1.82) is 0 Å². The Hall–Kier alpha value is -2.92. The van der Waals surface area contributed by atoms with E-state index in [1.165, 1.54) is 17.3 Å². The largest absolute Gasteiger partial charge is 0.339 e. The molecule has 2 aromatic carbocycles. The highest BCUT2D eigenvalue weighted by Crippen LogP contribution is 2.18. The molecule has 0 fully saturated rings. The van der Waals surface area contributed by atoms with E-state index < -0.39 is 0 Å². The van der Waals surface area contributed by atoms with E-state index in [0.717, 1.165) is 11.4 Å². The van der Waals surface area contributed by atoms with Crippen LogP contribution in [0.2, 0.25) is 5.02 Å². The lowest BCUT2D eigenvalue weighted by Crippen LogP contribution is -2.27. The number of para-hydroxylation sites is 1. The predicted molar refractivity (Wildman–Crippen MR) is 95.9 cm³/mol. The minimum atomic E-state index is -0.216. The van der Waals surface area contributed by atoms with Crippen molar-refractivity contribution < 1.29 is 4.79 Å². The van der Waals surface area contributed by atoms with Gasteiger partial charge in [0.1, 0.15) is 11.5 Å². The molecule has 24 heavy (non-hydrogen) atoms. The van der Waals surface area contributed by atoms with E-state index in [-0.39, 0.29) is 11.6 Å². The van der Waals surface area contributed by atoms with Gasteiger partial charge in [-0.25, -0.2) is 9.97 Å². The molecule has 1 heterocycles. The number of carbonyl (C=O) groups excluding carboxylic acids is 1. The molecule has 0 aliphatic carbocycles. The number of hydrogen-bond acceptors (Lipinski definition) is 4. The fourth-order valence-corrected chi connectivity index (χ4v) is 2.25. The molecule has 120 valence electrons. The molecule has 1 amide bonds. The monoisotopic (exact) mass is 338 g/mol. The van der Waals surface area contributed by atoms with E-state index in [0.29, 0.717) is 10.8 Å². The molecule has 3 rings (SSSR count). The minimum absolute atomic E-state index is 0.216. The molecule has 0 unspecified atom stereocenters. The molecule has 0 spiro atoms. The molecule has 6 heteroatoms. The molecule has 1 aromatic heterocycles. The van der Waals surface area contributed by atoms with Crippen LogP contribution in [0.15, 0.2) is 67.0 Å². The Morgan fingerprint density at radius 2 is 1.71 bits per heavy atom. The molecule has 3 aromatic rings. The number of nitrogens with one attached hydrogen (secondary N) is 1. The maximum atomic E-state index is 12.4. The zero-order valence-corrected chi connectivity index (χ0v) is 13.7. The highest BCUT2D eigenvalue weighted by molar-refractivity contribution is 6.30. The summed E-state index contributed by atoms with van der Waals surface area (Å²) < 4.78 is 0. The number of halogens is 1. The number of anilines is 3. The SMILES string of the molecule is CN(C(=O)c1cnc(Nc2ccc(Cl)cc2)cn1)c1ccccc1. The first-order valence-electron chi connectivity index (χ1n) is 7.31. The molecule has 0 saturated heterocycles. The molecular weight excluding hydrogens is 324 g/mol. The number of carbonyl (C=O) groups is 1. The first-order chi connectivity index (χ1) is 11.6. The second-order valence-electron chi connectivity index (χ2n) is 5.12. The van der Waals surface area contributed by atoms with Crippen molar-refractivity contribution in [3.05, 3.63) is 77.7 Å². The van der Waals surface area contributed by atoms with Gasteiger partial charge in [0.25, 0.3) is 5.91 Å². The third-order valence-corrected chi connectivity index (χ3v) is 3.69. The van der Waals surface area contributed by atoms with E-state index >= 15 is 0 Å². The first-order valence-corrected chi connectivity index (χ1v) is 7.69. The molecule has 0 atom stereocenters. The Balaban J connectivity index is 1.72. The Morgan fingerprint density at radius 3 is 2.33 bits per heavy atom. The van der Waals surface area contributed by atoms with Gasteiger partial charge in [-0.3, -0.25) is 4.79 Å². The topological polar surface area (TPSA) is 58.1 Å². The van der Waals surface area contributed by atoms with E-state index in [4.69, 9.17) is 11.6 Å². The van der Waals surface area contributed by atoms with Gasteiger partial charge in [-0.15, -0.1) is 0 Å². The van der Waals surface area contributed by atoms with Crippen LogP contribution in [0.4, 0.5) is 17.2 Å².